The summed E-state index contributed by atoms with van der Waals surface area (Å²) in [6.45, 7) is 1.65. The molecule has 0 N–H and O–H groups in total. The van der Waals surface area contributed by atoms with Crippen molar-refractivity contribution in [2.24, 2.45) is 0 Å². The van der Waals surface area contributed by atoms with Crippen LogP contribution in [0.5, 0.6) is 5.75 Å². The molecule has 1 aromatic carbocycles. The maximum atomic E-state index is 12.9. The van der Waals surface area contributed by atoms with Crippen LogP contribution in [0, 0.1) is 5.82 Å². The van der Waals surface area contributed by atoms with Crippen LogP contribution in [0.15, 0.2) is 41.1 Å². The third kappa shape index (κ3) is 3.69. The fourth-order valence-corrected chi connectivity index (χ4v) is 2.70. The average Bonchev–Trinajstić information content (AvgIpc) is 3.31. The molecule has 0 atom stereocenters. The molecule has 25 heavy (non-hydrogen) atoms. The van der Waals surface area contributed by atoms with Crippen molar-refractivity contribution < 1.29 is 18.4 Å². The highest BCUT2D eigenvalue weighted by Gasteiger charge is 2.18. The molecule has 4 rings (SSSR count). The summed E-state index contributed by atoms with van der Waals surface area (Å²) in [5.74, 6) is 0.981. The largest absolute Gasteiger partial charge is 0.485 e. The second-order valence-electron chi connectivity index (χ2n) is 5.78. The van der Waals surface area contributed by atoms with Crippen LogP contribution in [-0.2, 0) is 11.3 Å². The van der Waals surface area contributed by atoms with Gasteiger partial charge in [0, 0.05) is 19.4 Å². The minimum absolute atomic E-state index is 0.135. The maximum Gasteiger partial charge on any atom is 0.278 e. The van der Waals surface area contributed by atoms with Crippen LogP contribution in [0.25, 0.3) is 11.6 Å². The molecule has 0 spiro atoms. The lowest BCUT2D eigenvalue weighted by molar-refractivity contribution is 0.0663. The number of ether oxygens (including phenoxy) is 2. The van der Waals surface area contributed by atoms with Gasteiger partial charge in [-0.15, -0.1) is 0 Å². The quantitative estimate of drug-likeness (QED) is 0.708. The van der Waals surface area contributed by atoms with Crippen molar-refractivity contribution in [3.8, 4) is 17.3 Å². The first-order valence-corrected chi connectivity index (χ1v) is 8.12. The van der Waals surface area contributed by atoms with Crippen LogP contribution in [-0.4, -0.2) is 33.1 Å². The number of halogens is 1. The van der Waals surface area contributed by atoms with Crippen molar-refractivity contribution in [1.82, 2.24) is 19.9 Å². The van der Waals surface area contributed by atoms with Gasteiger partial charge in [-0.2, -0.15) is 10.1 Å². The van der Waals surface area contributed by atoms with E-state index in [1.165, 1.54) is 12.1 Å². The van der Waals surface area contributed by atoms with Gasteiger partial charge in [0.25, 0.3) is 5.89 Å². The van der Waals surface area contributed by atoms with Crippen LogP contribution >= 0.6 is 0 Å². The molecular formula is C17H17FN4O3. The topological polar surface area (TPSA) is 75.2 Å². The van der Waals surface area contributed by atoms with Crippen LogP contribution in [0.4, 0.5) is 4.39 Å². The van der Waals surface area contributed by atoms with E-state index in [2.05, 4.69) is 15.2 Å². The summed E-state index contributed by atoms with van der Waals surface area (Å²) in [5.41, 5.74) is 0.632. The molecule has 1 fully saturated rings. The lowest BCUT2D eigenvalue weighted by Crippen LogP contribution is -2.19. The number of benzene rings is 1. The average molecular weight is 344 g/mol. The summed E-state index contributed by atoms with van der Waals surface area (Å²) in [7, 11) is 0. The van der Waals surface area contributed by atoms with Gasteiger partial charge in [0.05, 0.1) is 6.04 Å². The first-order chi connectivity index (χ1) is 12.3. The van der Waals surface area contributed by atoms with E-state index in [0.717, 1.165) is 26.1 Å². The van der Waals surface area contributed by atoms with Crippen molar-refractivity contribution >= 4 is 0 Å². The molecule has 8 heteroatoms. The molecular weight excluding hydrogens is 327 g/mol. The van der Waals surface area contributed by atoms with E-state index in [1.807, 2.05) is 16.9 Å². The summed E-state index contributed by atoms with van der Waals surface area (Å²) >= 11 is 0. The molecule has 0 aliphatic carbocycles. The summed E-state index contributed by atoms with van der Waals surface area (Å²) in [6.07, 6.45) is 3.81. The van der Waals surface area contributed by atoms with E-state index in [-0.39, 0.29) is 12.4 Å². The van der Waals surface area contributed by atoms with Gasteiger partial charge >= 0.3 is 0 Å². The van der Waals surface area contributed by atoms with E-state index in [1.54, 1.807) is 12.1 Å². The first-order valence-electron chi connectivity index (χ1n) is 8.12. The van der Waals surface area contributed by atoms with E-state index < -0.39 is 0 Å². The van der Waals surface area contributed by atoms with Gasteiger partial charge in [-0.05, 0) is 43.2 Å². The fraction of sp³-hybridized carbons (Fsp3) is 0.353. The van der Waals surface area contributed by atoms with Gasteiger partial charge in [-0.1, -0.05) is 5.16 Å². The fourth-order valence-electron chi connectivity index (χ4n) is 2.70. The second-order valence-corrected chi connectivity index (χ2v) is 5.78. The molecule has 7 nitrogen and oxygen atoms in total. The van der Waals surface area contributed by atoms with E-state index in [0.29, 0.717) is 29.2 Å². The molecule has 1 aliphatic rings. The zero-order valence-corrected chi connectivity index (χ0v) is 13.5. The third-order valence-corrected chi connectivity index (χ3v) is 4.04. The van der Waals surface area contributed by atoms with E-state index in [9.17, 15) is 4.39 Å². The van der Waals surface area contributed by atoms with Crippen LogP contribution in [0.3, 0.4) is 0 Å². The number of nitrogens with zero attached hydrogens (tertiary/aromatic N) is 4. The summed E-state index contributed by atoms with van der Waals surface area (Å²) in [6, 6.07) is 7.96. The normalized spacial score (nSPS) is 15.4. The molecule has 130 valence electrons. The zero-order valence-electron chi connectivity index (χ0n) is 13.5. The lowest BCUT2D eigenvalue weighted by Gasteiger charge is -2.22. The van der Waals surface area contributed by atoms with Crippen molar-refractivity contribution in [2.75, 3.05) is 13.2 Å². The SMILES string of the molecule is Fc1ccc(OCc2noc(-c3ccn(C4CCOCC4)n3)n2)cc1. The second kappa shape index (κ2) is 7.02. The van der Waals surface area contributed by atoms with Gasteiger partial charge in [-0.25, -0.2) is 4.39 Å². The Hall–Kier alpha value is -2.74. The van der Waals surface area contributed by atoms with E-state index in [4.69, 9.17) is 14.0 Å². The Morgan fingerprint density at radius 3 is 2.76 bits per heavy atom. The molecule has 3 heterocycles. The Morgan fingerprint density at radius 1 is 1.16 bits per heavy atom. The molecule has 1 aliphatic heterocycles. The van der Waals surface area contributed by atoms with Crippen LogP contribution in [0.1, 0.15) is 24.7 Å². The molecule has 0 bridgehead atoms. The number of hydrogen-bond donors (Lipinski definition) is 0. The Kier molecular flexibility index (Phi) is 4.43. The highest BCUT2D eigenvalue weighted by atomic mass is 19.1. The van der Waals surface area contributed by atoms with Crippen molar-refractivity contribution in [3.63, 3.8) is 0 Å². The summed E-state index contributed by atoms with van der Waals surface area (Å²) < 4.78 is 30.9. The third-order valence-electron chi connectivity index (χ3n) is 4.04. The summed E-state index contributed by atoms with van der Waals surface area (Å²) in [5, 5.41) is 8.42. The van der Waals surface area contributed by atoms with Crippen molar-refractivity contribution in [3.05, 3.63) is 48.2 Å². The highest BCUT2D eigenvalue weighted by molar-refractivity contribution is 5.44. The molecule has 1 saturated heterocycles. The number of hydrogen-bond acceptors (Lipinski definition) is 6. The Labute approximate surface area is 143 Å². The van der Waals surface area contributed by atoms with Gasteiger partial charge in [0.15, 0.2) is 12.3 Å². The standard InChI is InChI=1S/C17H17FN4O3/c18-12-1-3-14(4-2-12)24-11-16-19-17(25-21-16)15-5-8-22(20-15)13-6-9-23-10-7-13/h1-5,8,13H,6-7,9-11H2. The molecule has 0 radical (unpaired) electrons. The van der Waals surface area contributed by atoms with Crippen LogP contribution in [0.2, 0.25) is 0 Å². The van der Waals surface area contributed by atoms with E-state index >= 15 is 0 Å². The Morgan fingerprint density at radius 2 is 1.96 bits per heavy atom. The highest BCUT2D eigenvalue weighted by Crippen LogP contribution is 2.23. The zero-order chi connectivity index (χ0) is 17.1. The predicted molar refractivity (Wildman–Crippen MR) is 85.3 cm³/mol. The van der Waals surface area contributed by atoms with Crippen molar-refractivity contribution in [1.29, 1.82) is 0 Å². The first kappa shape index (κ1) is 15.8. The predicted octanol–water partition coefficient (Wildman–Crippen LogP) is 3.00. The minimum atomic E-state index is -0.311. The molecule has 0 saturated carbocycles. The molecule has 0 amide bonds. The molecule has 3 aromatic rings. The monoisotopic (exact) mass is 344 g/mol. The van der Waals surface area contributed by atoms with Crippen molar-refractivity contribution in [2.45, 2.75) is 25.5 Å². The number of rotatable bonds is 5. The Bertz CT molecular complexity index is 825. The van der Waals surface area contributed by atoms with Gasteiger partial charge in [0.2, 0.25) is 5.82 Å². The van der Waals surface area contributed by atoms with Crippen LogP contribution < -0.4 is 4.74 Å². The minimum Gasteiger partial charge on any atom is -0.485 e. The lowest BCUT2D eigenvalue weighted by atomic mass is 10.1. The smallest absolute Gasteiger partial charge is 0.278 e. The maximum absolute atomic E-state index is 12.9. The molecule has 2 aromatic heterocycles. The van der Waals surface area contributed by atoms with Gasteiger partial charge < -0.3 is 14.0 Å². The number of aromatic nitrogens is 4. The summed E-state index contributed by atoms with van der Waals surface area (Å²) in [4.78, 5) is 4.29. The van der Waals surface area contributed by atoms with Gasteiger partial charge in [0.1, 0.15) is 11.6 Å². The molecule has 0 unspecified atom stereocenters. The van der Waals surface area contributed by atoms with Gasteiger partial charge in [-0.3, -0.25) is 4.68 Å². The Balaban J connectivity index is 1.40.